The Morgan fingerprint density at radius 2 is 1.89 bits per heavy atom. The molecule has 0 aliphatic heterocycles. The molecule has 0 bridgehead atoms. The van der Waals surface area contributed by atoms with E-state index in [1.807, 2.05) is 19.1 Å². The summed E-state index contributed by atoms with van der Waals surface area (Å²) < 4.78 is 15.8. The average Bonchev–Trinajstić information content (AvgIpc) is 2.69. The molecule has 28 heavy (non-hydrogen) atoms. The topological polar surface area (TPSA) is 109 Å². The lowest BCUT2D eigenvalue weighted by Crippen LogP contribution is -2.18. The fourth-order valence-corrected chi connectivity index (χ4v) is 2.75. The van der Waals surface area contributed by atoms with Gasteiger partial charge in [0.1, 0.15) is 17.9 Å². The summed E-state index contributed by atoms with van der Waals surface area (Å²) in [5, 5.41) is 0.699. The van der Waals surface area contributed by atoms with E-state index in [1.54, 1.807) is 18.2 Å². The van der Waals surface area contributed by atoms with Crippen molar-refractivity contribution in [1.29, 1.82) is 0 Å². The predicted molar refractivity (Wildman–Crippen MR) is 102 cm³/mol. The summed E-state index contributed by atoms with van der Waals surface area (Å²) in [6.07, 6.45) is 0.809. The van der Waals surface area contributed by atoms with Crippen LogP contribution in [0.2, 0.25) is 0 Å². The van der Waals surface area contributed by atoms with E-state index in [9.17, 15) is 14.4 Å². The third kappa shape index (κ3) is 4.37. The molecule has 144 valence electrons. The second kappa shape index (κ2) is 8.39. The van der Waals surface area contributed by atoms with Crippen LogP contribution in [0.25, 0.3) is 11.0 Å². The third-order valence-electron chi connectivity index (χ3n) is 4.19. The zero-order valence-electron chi connectivity index (χ0n) is 15.3. The molecule has 7 nitrogen and oxygen atoms in total. The van der Waals surface area contributed by atoms with Gasteiger partial charge < -0.3 is 19.6 Å². The molecule has 0 atom stereocenters. The van der Waals surface area contributed by atoms with E-state index < -0.39 is 24.1 Å². The van der Waals surface area contributed by atoms with Crippen LogP contribution >= 0.6 is 0 Å². The van der Waals surface area contributed by atoms with Gasteiger partial charge in [0.2, 0.25) is 0 Å². The van der Waals surface area contributed by atoms with Crippen molar-refractivity contribution >= 4 is 22.8 Å². The molecule has 0 radical (unpaired) electrons. The summed E-state index contributed by atoms with van der Waals surface area (Å²) in [5.41, 5.74) is 6.95. The van der Waals surface area contributed by atoms with Gasteiger partial charge in [-0.15, -0.1) is 0 Å². The number of carbonyl (C=O) groups excluding carboxylic acids is 2. The largest absolute Gasteiger partial charge is 0.481 e. The molecule has 0 unspecified atom stereocenters. The molecule has 0 fully saturated rings. The highest BCUT2D eigenvalue weighted by molar-refractivity contribution is 5.95. The average molecular weight is 381 g/mol. The second-order valence-corrected chi connectivity index (χ2v) is 6.08. The van der Waals surface area contributed by atoms with Gasteiger partial charge >= 0.3 is 11.6 Å². The van der Waals surface area contributed by atoms with Crippen molar-refractivity contribution in [1.82, 2.24) is 0 Å². The van der Waals surface area contributed by atoms with E-state index in [-0.39, 0.29) is 17.9 Å². The monoisotopic (exact) mass is 381 g/mol. The zero-order chi connectivity index (χ0) is 20.1. The molecule has 1 amide bonds. The van der Waals surface area contributed by atoms with Gasteiger partial charge in [0.15, 0.2) is 6.61 Å². The van der Waals surface area contributed by atoms with E-state index in [1.165, 1.54) is 18.2 Å². The first-order chi connectivity index (χ1) is 13.5. The maximum absolute atomic E-state index is 12.0. The van der Waals surface area contributed by atoms with Gasteiger partial charge in [0.25, 0.3) is 5.91 Å². The van der Waals surface area contributed by atoms with Crippen LogP contribution in [-0.4, -0.2) is 18.5 Å². The van der Waals surface area contributed by atoms with Gasteiger partial charge in [0.05, 0.1) is 5.56 Å². The Kier molecular flexibility index (Phi) is 5.74. The number of hydrogen-bond donors (Lipinski definition) is 1. The molecule has 1 heterocycles. The van der Waals surface area contributed by atoms with Crippen LogP contribution in [0.5, 0.6) is 5.75 Å². The number of benzene rings is 2. The standard InChI is InChI=1S/C21H19NO6/c1-2-13-7-8-15-14(10-19(23)28-18(15)9-13)11-27-20(24)12-26-17-6-4-3-5-16(17)21(22)25/h3-10H,2,11-12H2,1H3,(H2,22,25). The summed E-state index contributed by atoms with van der Waals surface area (Å²) in [7, 11) is 0. The molecule has 0 aliphatic carbocycles. The molecule has 0 saturated carbocycles. The minimum Gasteiger partial charge on any atom is -0.481 e. The lowest BCUT2D eigenvalue weighted by atomic mass is 10.1. The Hall–Kier alpha value is -3.61. The summed E-state index contributed by atoms with van der Waals surface area (Å²) in [6, 6.07) is 13.2. The van der Waals surface area contributed by atoms with E-state index in [0.717, 1.165) is 12.0 Å². The van der Waals surface area contributed by atoms with Crippen LogP contribution < -0.4 is 16.1 Å². The molecule has 0 saturated heterocycles. The van der Waals surface area contributed by atoms with Crippen LogP contribution in [0.4, 0.5) is 0 Å². The number of amides is 1. The molecule has 0 aliphatic rings. The van der Waals surface area contributed by atoms with E-state index in [4.69, 9.17) is 19.6 Å². The van der Waals surface area contributed by atoms with Gasteiger partial charge in [-0.05, 0) is 30.2 Å². The van der Waals surface area contributed by atoms with Gasteiger partial charge in [0, 0.05) is 17.0 Å². The Bertz CT molecular complexity index is 1090. The number of nitrogens with two attached hydrogens (primary N) is 1. The SMILES string of the molecule is CCc1ccc2c(COC(=O)COc3ccccc3C(N)=O)cc(=O)oc2c1. The number of para-hydroxylation sites is 1. The molecular formula is C21H19NO6. The zero-order valence-corrected chi connectivity index (χ0v) is 15.3. The van der Waals surface area contributed by atoms with E-state index in [0.29, 0.717) is 16.5 Å². The van der Waals surface area contributed by atoms with Crippen molar-refractivity contribution in [2.75, 3.05) is 6.61 Å². The van der Waals surface area contributed by atoms with Crippen LogP contribution in [0.3, 0.4) is 0 Å². The van der Waals surface area contributed by atoms with E-state index >= 15 is 0 Å². The number of carbonyl (C=O) groups is 2. The smallest absolute Gasteiger partial charge is 0.344 e. The van der Waals surface area contributed by atoms with E-state index in [2.05, 4.69) is 0 Å². The lowest BCUT2D eigenvalue weighted by molar-refractivity contribution is -0.147. The Balaban J connectivity index is 1.68. The fraction of sp³-hybridized carbons (Fsp3) is 0.190. The molecule has 2 N–H and O–H groups in total. The maximum Gasteiger partial charge on any atom is 0.344 e. The first-order valence-corrected chi connectivity index (χ1v) is 8.71. The van der Waals surface area contributed by atoms with Crippen molar-refractivity contribution in [3.63, 3.8) is 0 Å². The van der Waals surface area contributed by atoms with Crippen LogP contribution in [0.15, 0.2) is 57.7 Å². The van der Waals surface area contributed by atoms with Crippen LogP contribution in [-0.2, 0) is 22.6 Å². The van der Waals surface area contributed by atoms with Crippen molar-refractivity contribution in [3.8, 4) is 5.75 Å². The van der Waals surface area contributed by atoms with Crippen LogP contribution in [0, 0.1) is 0 Å². The molecule has 7 heteroatoms. The number of ether oxygens (including phenoxy) is 2. The molecule has 3 rings (SSSR count). The highest BCUT2D eigenvalue weighted by Crippen LogP contribution is 2.20. The quantitative estimate of drug-likeness (QED) is 0.498. The predicted octanol–water partition coefficient (Wildman–Crippen LogP) is 2.58. The second-order valence-electron chi connectivity index (χ2n) is 6.08. The normalized spacial score (nSPS) is 10.6. The lowest BCUT2D eigenvalue weighted by Gasteiger charge is -2.10. The van der Waals surface area contributed by atoms with Crippen molar-refractivity contribution in [2.24, 2.45) is 5.73 Å². The van der Waals surface area contributed by atoms with Crippen molar-refractivity contribution in [2.45, 2.75) is 20.0 Å². The highest BCUT2D eigenvalue weighted by atomic mass is 16.6. The highest BCUT2D eigenvalue weighted by Gasteiger charge is 2.13. The summed E-state index contributed by atoms with van der Waals surface area (Å²) in [5.74, 6) is -1.10. The molecule has 2 aromatic carbocycles. The first-order valence-electron chi connectivity index (χ1n) is 8.71. The Morgan fingerprint density at radius 3 is 2.64 bits per heavy atom. The minimum atomic E-state index is -0.655. The summed E-state index contributed by atoms with van der Waals surface area (Å²) in [6.45, 7) is 1.50. The van der Waals surface area contributed by atoms with Crippen molar-refractivity contribution < 1.29 is 23.5 Å². The Labute approximate surface area is 160 Å². The Morgan fingerprint density at radius 1 is 1.11 bits per heavy atom. The fourth-order valence-electron chi connectivity index (χ4n) is 2.75. The van der Waals surface area contributed by atoms with Crippen LogP contribution in [0.1, 0.15) is 28.4 Å². The third-order valence-corrected chi connectivity index (χ3v) is 4.19. The summed E-state index contributed by atoms with van der Waals surface area (Å²) >= 11 is 0. The first kappa shape index (κ1) is 19.2. The van der Waals surface area contributed by atoms with Gasteiger partial charge in [-0.3, -0.25) is 4.79 Å². The van der Waals surface area contributed by atoms with Gasteiger partial charge in [-0.1, -0.05) is 31.2 Å². The number of fused-ring (bicyclic) bond motifs is 1. The molecule has 1 aromatic heterocycles. The van der Waals surface area contributed by atoms with Crippen molar-refractivity contribution in [3.05, 3.63) is 75.6 Å². The molecule has 3 aromatic rings. The minimum absolute atomic E-state index is 0.104. The number of aryl methyl sites for hydroxylation is 1. The summed E-state index contributed by atoms with van der Waals surface area (Å²) in [4.78, 5) is 35.2. The molecular weight excluding hydrogens is 362 g/mol. The molecule has 0 spiro atoms. The number of hydrogen-bond acceptors (Lipinski definition) is 6. The number of primary amides is 1. The number of rotatable bonds is 7. The van der Waals surface area contributed by atoms with Gasteiger partial charge in [-0.2, -0.15) is 0 Å². The maximum atomic E-state index is 12.0. The number of esters is 1. The van der Waals surface area contributed by atoms with Gasteiger partial charge in [-0.25, -0.2) is 9.59 Å².